The Morgan fingerprint density at radius 1 is 1.50 bits per heavy atom. The molecule has 1 heterocycles. The molecule has 0 saturated heterocycles. The number of hydrogen-bond donors (Lipinski definition) is 0. The lowest BCUT2D eigenvalue weighted by Crippen LogP contribution is -2.23. The van der Waals surface area contributed by atoms with Gasteiger partial charge in [0.25, 0.3) is 0 Å². The van der Waals surface area contributed by atoms with Crippen molar-refractivity contribution in [1.82, 2.24) is 4.57 Å². The lowest BCUT2D eigenvalue weighted by atomic mass is 9.94. The second kappa shape index (κ2) is 5.52. The van der Waals surface area contributed by atoms with Crippen LogP contribution in [0.2, 0.25) is 0 Å². The Hall–Kier alpha value is -1.20. The predicted molar refractivity (Wildman–Crippen MR) is 50.6 cm³/mol. The number of aromatic nitrogens is 2. The van der Waals surface area contributed by atoms with Gasteiger partial charge in [-0.25, -0.2) is 9.13 Å². The Balaban J connectivity index is 0.000000255. The summed E-state index contributed by atoms with van der Waals surface area (Å²) in [4.78, 5) is 0. The normalized spacial score (nSPS) is 10.4. The van der Waals surface area contributed by atoms with E-state index in [2.05, 4.69) is 30.6 Å². The van der Waals surface area contributed by atoms with E-state index in [9.17, 15) is 12.9 Å². The summed E-state index contributed by atoms with van der Waals surface area (Å²) in [5.74, 6) is 0. The van der Waals surface area contributed by atoms with E-state index in [0.29, 0.717) is 0 Å². The van der Waals surface area contributed by atoms with Crippen LogP contribution < -0.4 is 4.57 Å². The minimum Gasteiger partial charge on any atom is -0.445 e. The molecule has 1 rings (SSSR count). The van der Waals surface area contributed by atoms with E-state index in [1.165, 1.54) is 0 Å². The minimum absolute atomic E-state index is 0. The molecule has 1 aromatic heterocycles. The zero-order chi connectivity index (χ0) is 11.2. The first kappa shape index (κ1) is 12.8. The fourth-order valence-corrected chi connectivity index (χ4v) is 0.689. The van der Waals surface area contributed by atoms with Gasteiger partial charge in [-0.05, 0) is 6.92 Å². The van der Waals surface area contributed by atoms with Gasteiger partial charge in [0.1, 0.15) is 12.4 Å². The fourth-order valence-electron chi connectivity index (χ4n) is 0.689. The van der Waals surface area contributed by atoms with Crippen molar-refractivity contribution in [2.24, 2.45) is 7.05 Å². The largest absolute Gasteiger partial charge is 0.501 e. The van der Waals surface area contributed by atoms with Crippen molar-refractivity contribution >= 4 is 6.98 Å². The molecule has 0 fully saturated rings. The van der Waals surface area contributed by atoms with Crippen LogP contribution in [0, 0.1) is 0 Å². The number of rotatable bonds is 2. The van der Waals surface area contributed by atoms with Gasteiger partial charge in [0, 0.05) is 0 Å². The van der Waals surface area contributed by atoms with Crippen LogP contribution in [0.4, 0.5) is 12.9 Å². The lowest BCUT2D eigenvalue weighted by molar-refractivity contribution is -0.671. The second-order valence-corrected chi connectivity index (χ2v) is 2.77. The molecule has 6 heteroatoms. The molecule has 0 aliphatic heterocycles. The van der Waals surface area contributed by atoms with Gasteiger partial charge in [0.15, 0.2) is 0 Å². The molecule has 1 aromatic rings. The van der Waals surface area contributed by atoms with Crippen LogP contribution in [0.5, 0.6) is 0 Å². The molecule has 0 radical (unpaired) electrons. The third-order valence-electron chi connectivity index (χ3n) is 1.46. The molecule has 0 aromatic carbocycles. The van der Waals surface area contributed by atoms with E-state index in [-0.39, 0.29) is 5.98 Å². The van der Waals surface area contributed by atoms with E-state index in [1.807, 2.05) is 17.8 Å². The summed E-state index contributed by atoms with van der Waals surface area (Å²) in [6.45, 7) is 0.994. The Kier molecular flexibility index (Phi) is 5.05. The lowest BCUT2D eigenvalue weighted by Gasteiger charge is -2.02. The van der Waals surface area contributed by atoms with Crippen molar-refractivity contribution in [3.63, 3.8) is 0 Å². The van der Waals surface area contributed by atoms with Crippen molar-refractivity contribution in [1.29, 1.82) is 0 Å². The van der Waals surface area contributed by atoms with Crippen molar-refractivity contribution in [2.75, 3.05) is 0 Å². The molecule has 0 unspecified atom stereocenters. The summed E-state index contributed by atoms with van der Waals surface area (Å²) in [6, 6.07) is 0. The molecule has 0 bridgehead atoms. The number of imidazole rings is 1. The molecule has 0 N–H and O–H groups in total. The van der Waals surface area contributed by atoms with Crippen molar-refractivity contribution in [2.45, 2.75) is 13.5 Å². The average molecular weight is 206 g/mol. The van der Waals surface area contributed by atoms with Crippen LogP contribution in [-0.2, 0) is 13.6 Å². The van der Waals surface area contributed by atoms with Crippen LogP contribution in [0.25, 0.3) is 0 Å². The maximum atomic E-state index is 10.7. The van der Waals surface area contributed by atoms with E-state index < -0.39 is 6.98 Å². The quantitative estimate of drug-likeness (QED) is 0.516. The van der Waals surface area contributed by atoms with Gasteiger partial charge >= 0.3 is 6.98 Å². The van der Waals surface area contributed by atoms with Crippen LogP contribution in [0.15, 0.2) is 31.3 Å². The minimum atomic E-state index is -4.72. The average Bonchev–Trinajstić information content (AvgIpc) is 2.51. The van der Waals surface area contributed by atoms with Gasteiger partial charge in [-0.1, -0.05) is 0 Å². The second-order valence-electron chi connectivity index (χ2n) is 2.77. The summed E-state index contributed by atoms with van der Waals surface area (Å²) >= 11 is 0. The number of nitrogens with zero attached hydrogens (tertiary/aromatic N) is 2. The summed E-state index contributed by atoms with van der Waals surface area (Å²) in [5, 5.41) is 0. The standard InChI is InChI=1S/C6H11N2.C2H3BF3/c1-3-8-5-4-7(2)6-8;1-2-3(4,5)6/h4-6H,3H2,1-2H3;2H,1H2/q+1;-1. The third-order valence-corrected chi connectivity index (χ3v) is 1.46. The monoisotopic (exact) mass is 206 g/mol. The van der Waals surface area contributed by atoms with Crippen LogP contribution in [0.1, 0.15) is 6.92 Å². The molecule has 0 amide bonds. The fraction of sp³-hybridized carbons (Fsp3) is 0.375. The van der Waals surface area contributed by atoms with Crippen LogP contribution in [-0.4, -0.2) is 11.5 Å². The number of hydrogen-bond acceptors (Lipinski definition) is 0. The number of aryl methyl sites for hydroxylation is 2. The molecule has 0 aliphatic carbocycles. The van der Waals surface area contributed by atoms with Gasteiger partial charge in [-0.3, -0.25) is 0 Å². The summed E-state index contributed by atoms with van der Waals surface area (Å²) in [6.07, 6.45) is 6.14. The highest BCUT2D eigenvalue weighted by molar-refractivity contribution is 6.64. The highest BCUT2D eigenvalue weighted by atomic mass is 19.4. The Labute approximate surface area is 81.7 Å². The van der Waals surface area contributed by atoms with Crippen molar-refractivity contribution in [3.8, 4) is 0 Å². The van der Waals surface area contributed by atoms with E-state index in [4.69, 9.17) is 0 Å². The number of halogens is 3. The first-order valence-electron chi connectivity index (χ1n) is 4.23. The van der Waals surface area contributed by atoms with Crippen molar-refractivity contribution in [3.05, 3.63) is 31.3 Å². The molecule has 80 valence electrons. The predicted octanol–water partition coefficient (Wildman–Crippen LogP) is 1.89. The maximum Gasteiger partial charge on any atom is 0.501 e. The Bertz CT molecular complexity index is 280. The first-order chi connectivity index (χ1) is 6.39. The van der Waals surface area contributed by atoms with E-state index in [0.717, 1.165) is 6.54 Å². The molecular formula is C8H14BF3N2. The zero-order valence-corrected chi connectivity index (χ0v) is 8.33. The van der Waals surface area contributed by atoms with Gasteiger partial charge in [-0.2, -0.15) is 5.98 Å². The molecule has 0 spiro atoms. The molecule has 0 atom stereocenters. The maximum absolute atomic E-state index is 10.7. The molecule has 2 nitrogen and oxygen atoms in total. The smallest absolute Gasteiger partial charge is 0.445 e. The molecule has 0 saturated carbocycles. The highest BCUT2D eigenvalue weighted by Crippen LogP contribution is 2.06. The van der Waals surface area contributed by atoms with E-state index in [1.54, 1.807) is 0 Å². The molecular weight excluding hydrogens is 192 g/mol. The Morgan fingerprint density at radius 3 is 2.14 bits per heavy atom. The Morgan fingerprint density at radius 2 is 2.00 bits per heavy atom. The van der Waals surface area contributed by atoms with E-state index >= 15 is 0 Å². The van der Waals surface area contributed by atoms with Gasteiger partial charge in [-0.15, -0.1) is 6.58 Å². The third kappa shape index (κ3) is 6.34. The van der Waals surface area contributed by atoms with Crippen LogP contribution >= 0.6 is 0 Å². The van der Waals surface area contributed by atoms with Gasteiger partial charge < -0.3 is 12.9 Å². The zero-order valence-electron chi connectivity index (χ0n) is 8.33. The first-order valence-corrected chi connectivity index (χ1v) is 4.23. The highest BCUT2D eigenvalue weighted by Gasteiger charge is 2.14. The van der Waals surface area contributed by atoms with Gasteiger partial charge in [0.05, 0.1) is 13.6 Å². The van der Waals surface area contributed by atoms with Crippen molar-refractivity contribution < 1.29 is 17.5 Å². The van der Waals surface area contributed by atoms with Crippen LogP contribution in [0.3, 0.4) is 0 Å². The topological polar surface area (TPSA) is 8.81 Å². The summed E-state index contributed by atoms with van der Waals surface area (Å²) in [7, 11) is 2.02. The molecule has 14 heavy (non-hydrogen) atoms. The molecule has 0 aliphatic rings. The van der Waals surface area contributed by atoms with Gasteiger partial charge in [0.2, 0.25) is 6.33 Å². The SMILES string of the molecule is C=C[B-](F)(F)F.CCn1cc[n+](C)c1. The summed E-state index contributed by atoms with van der Waals surface area (Å²) in [5.41, 5.74) is 0. The summed E-state index contributed by atoms with van der Waals surface area (Å²) < 4.78 is 36.3.